The second-order valence-electron chi connectivity index (χ2n) is 8.94. The summed E-state index contributed by atoms with van der Waals surface area (Å²) in [6.45, 7) is -1.24. The Hall–Kier alpha value is -3.38. The number of halogens is 2. The lowest BCUT2D eigenvalue weighted by molar-refractivity contribution is -0.0499. The van der Waals surface area contributed by atoms with Crippen molar-refractivity contribution < 1.29 is 23.4 Å². The molecule has 1 aliphatic carbocycles. The van der Waals surface area contributed by atoms with E-state index in [0.717, 1.165) is 24.5 Å². The molecule has 0 amide bonds. The highest BCUT2D eigenvalue weighted by Crippen LogP contribution is 2.35. The first-order valence-corrected chi connectivity index (χ1v) is 13.2. The summed E-state index contributed by atoms with van der Waals surface area (Å²) in [7, 11) is 0.430. The first kappa shape index (κ1) is 28.2. The lowest BCUT2D eigenvalue weighted by Crippen LogP contribution is -2.32. The maximum absolute atomic E-state index is 12.2. The lowest BCUT2D eigenvalue weighted by atomic mass is 9.81. The zero-order chi connectivity index (χ0) is 27.0. The number of alkyl halides is 2. The highest BCUT2D eigenvalue weighted by atomic mass is 32.2. The molecule has 1 fully saturated rings. The number of sulfonamides is 1. The molecule has 2 heterocycles. The van der Waals surface area contributed by atoms with E-state index in [2.05, 4.69) is 43.4 Å². The predicted molar refractivity (Wildman–Crippen MR) is 139 cm³/mol. The van der Waals surface area contributed by atoms with Gasteiger partial charge >= 0.3 is 6.61 Å². The van der Waals surface area contributed by atoms with Crippen LogP contribution in [-0.2, 0) is 10.0 Å². The van der Waals surface area contributed by atoms with Crippen molar-refractivity contribution in [2.45, 2.75) is 56.1 Å². The quantitative estimate of drug-likeness (QED) is 0.459. The Labute approximate surface area is 216 Å². The zero-order valence-electron chi connectivity index (χ0n) is 20.9. The number of H-pyrrole nitrogens is 1. The molecular formula is C25H33F2N5O4S. The molecule has 0 saturated heterocycles. The van der Waals surface area contributed by atoms with Crippen LogP contribution in [0.5, 0.6) is 5.75 Å². The largest absolute Gasteiger partial charge is 0.435 e. The van der Waals surface area contributed by atoms with E-state index in [-0.39, 0.29) is 29.1 Å². The van der Waals surface area contributed by atoms with Crippen LogP contribution in [0.1, 0.15) is 44.3 Å². The van der Waals surface area contributed by atoms with Crippen LogP contribution in [0.2, 0.25) is 0 Å². The molecule has 2 atom stereocenters. The van der Waals surface area contributed by atoms with Crippen molar-refractivity contribution in [2.24, 2.45) is 0 Å². The summed E-state index contributed by atoms with van der Waals surface area (Å²) in [5, 5.41) is 0. The number of benzene rings is 1. The van der Waals surface area contributed by atoms with E-state index in [4.69, 9.17) is 0 Å². The molecule has 0 radical (unpaired) electrons. The van der Waals surface area contributed by atoms with Gasteiger partial charge in [0.05, 0.1) is 0 Å². The van der Waals surface area contributed by atoms with E-state index in [1.165, 1.54) is 44.4 Å². The monoisotopic (exact) mass is 537 g/mol. The molecule has 0 aliphatic heterocycles. The second-order valence-corrected chi connectivity index (χ2v) is 10.6. The number of rotatable bonds is 7. The van der Waals surface area contributed by atoms with Gasteiger partial charge in [-0.2, -0.15) is 8.78 Å². The van der Waals surface area contributed by atoms with E-state index in [1.807, 2.05) is 6.07 Å². The van der Waals surface area contributed by atoms with Gasteiger partial charge in [0.1, 0.15) is 22.8 Å². The van der Waals surface area contributed by atoms with Gasteiger partial charge in [-0.3, -0.25) is 9.52 Å². The zero-order valence-corrected chi connectivity index (χ0v) is 21.7. The van der Waals surface area contributed by atoms with Gasteiger partial charge in [0.2, 0.25) is 5.56 Å². The van der Waals surface area contributed by atoms with Crippen LogP contribution in [0.15, 0.2) is 64.7 Å². The van der Waals surface area contributed by atoms with E-state index >= 15 is 0 Å². The average molecular weight is 538 g/mol. The van der Waals surface area contributed by atoms with Gasteiger partial charge in [-0.15, -0.1) is 0 Å². The number of ether oxygens (including phenoxy) is 1. The van der Waals surface area contributed by atoms with Gasteiger partial charge in [0.25, 0.3) is 10.0 Å². The molecule has 202 valence electrons. The minimum absolute atomic E-state index is 0. The van der Waals surface area contributed by atoms with Gasteiger partial charge in [-0.05, 0) is 76.0 Å². The number of pyridine rings is 1. The van der Waals surface area contributed by atoms with Crippen molar-refractivity contribution >= 4 is 15.8 Å². The lowest BCUT2D eigenvalue weighted by Gasteiger charge is -2.33. The topological polar surface area (TPSA) is 117 Å². The van der Waals surface area contributed by atoms with Gasteiger partial charge in [0.15, 0.2) is 0 Å². The smallest absolute Gasteiger partial charge is 0.387 e. The van der Waals surface area contributed by atoms with Crippen molar-refractivity contribution in [3.05, 3.63) is 76.6 Å². The molecule has 0 unspecified atom stereocenters. The standard InChI is InChI=1S/C15H21F2NO.C10H10N4O3S.H2/c1-18(2)13-7-3-5-11(9-13)12-6-4-8-14(10-12)19-15(16)17;1-7-8(2-3-10(15)13-7)18(16,17)14-9-4-5-11-6-12-9;/h4,6,8,10-11,13,15H,3,5,7,9H2,1-2H3;2-6H,1H3,(H,13,15)(H,11,12,14);1H/t11-,13+;;/m0../s1. The molecule has 4 rings (SSSR count). The summed E-state index contributed by atoms with van der Waals surface area (Å²) in [6, 6.07) is 11.6. The fourth-order valence-corrected chi connectivity index (χ4v) is 5.49. The number of nitrogens with zero attached hydrogens (tertiary/aromatic N) is 3. The molecule has 9 nitrogen and oxygen atoms in total. The molecule has 1 aliphatic rings. The predicted octanol–water partition coefficient (Wildman–Crippen LogP) is 4.40. The molecule has 2 aromatic heterocycles. The molecular weight excluding hydrogens is 504 g/mol. The minimum atomic E-state index is -3.77. The summed E-state index contributed by atoms with van der Waals surface area (Å²) in [4.78, 5) is 23.2. The number of hydrogen-bond acceptors (Lipinski definition) is 7. The molecule has 2 N–H and O–H groups in total. The Bertz CT molecular complexity index is 1330. The number of aromatic nitrogens is 3. The van der Waals surface area contributed by atoms with Crippen LogP contribution < -0.4 is 15.0 Å². The summed E-state index contributed by atoms with van der Waals surface area (Å²) in [5.74, 6) is 0.873. The fourth-order valence-electron chi connectivity index (χ4n) is 4.28. The Balaban J connectivity index is 0.000000260. The third-order valence-corrected chi connectivity index (χ3v) is 7.61. The van der Waals surface area contributed by atoms with Crippen LogP contribution in [0.25, 0.3) is 0 Å². The maximum Gasteiger partial charge on any atom is 0.387 e. The molecule has 3 aromatic rings. The van der Waals surface area contributed by atoms with Crippen LogP contribution in [0.4, 0.5) is 14.6 Å². The van der Waals surface area contributed by atoms with E-state index < -0.39 is 16.6 Å². The molecule has 0 bridgehead atoms. The van der Waals surface area contributed by atoms with E-state index in [1.54, 1.807) is 18.2 Å². The summed E-state index contributed by atoms with van der Waals surface area (Å²) >= 11 is 0. The third kappa shape index (κ3) is 8.32. The number of anilines is 1. The highest BCUT2D eigenvalue weighted by Gasteiger charge is 2.24. The van der Waals surface area contributed by atoms with Crippen molar-refractivity contribution in [3.8, 4) is 5.75 Å². The summed E-state index contributed by atoms with van der Waals surface area (Å²) in [5.41, 5.74) is 1.03. The Morgan fingerprint density at radius 1 is 1.19 bits per heavy atom. The van der Waals surface area contributed by atoms with Gasteiger partial charge in [-0.1, -0.05) is 18.6 Å². The Morgan fingerprint density at radius 3 is 2.62 bits per heavy atom. The van der Waals surface area contributed by atoms with E-state index in [9.17, 15) is 22.0 Å². The molecule has 1 aromatic carbocycles. The van der Waals surface area contributed by atoms with E-state index in [0.29, 0.717) is 12.0 Å². The Kier molecular flexibility index (Phi) is 9.70. The SMILES string of the molecule is CN(C)[C@@H]1CCC[C@H](c2cccc(OC(F)F)c2)C1.Cc1[nH]c(=O)ccc1S(=O)(=O)Nc1ccncn1.[HH]. The summed E-state index contributed by atoms with van der Waals surface area (Å²) in [6.07, 6.45) is 7.28. The Morgan fingerprint density at radius 2 is 1.97 bits per heavy atom. The molecule has 37 heavy (non-hydrogen) atoms. The first-order chi connectivity index (χ1) is 17.5. The maximum atomic E-state index is 12.2. The molecule has 0 spiro atoms. The van der Waals surface area contributed by atoms with Crippen molar-refractivity contribution in [1.82, 2.24) is 19.9 Å². The summed E-state index contributed by atoms with van der Waals surface area (Å²) < 4.78 is 55.3. The minimum Gasteiger partial charge on any atom is -0.435 e. The fraction of sp³-hybridized carbons (Fsp3) is 0.400. The van der Waals surface area contributed by atoms with Gasteiger partial charge < -0.3 is 14.6 Å². The van der Waals surface area contributed by atoms with Crippen molar-refractivity contribution in [2.75, 3.05) is 18.8 Å². The number of nitrogens with one attached hydrogen (secondary N) is 2. The van der Waals surface area contributed by atoms with Crippen LogP contribution in [0.3, 0.4) is 0 Å². The highest BCUT2D eigenvalue weighted by molar-refractivity contribution is 7.92. The van der Waals surface area contributed by atoms with Crippen molar-refractivity contribution in [3.63, 3.8) is 0 Å². The van der Waals surface area contributed by atoms with Crippen LogP contribution in [0, 0.1) is 6.92 Å². The second kappa shape index (κ2) is 12.7. The average Bonchev–Trinajstić information content (AvgIpc) is 2.84. The van der Waals surface area contributed by atoms with Crippen LogP contribution in [-0.4, -0.2) is 55.0 Å². The van der Waals surface area contributed by atoms with Gasteiger partial charge in [-0.25, -0.2) is 18.4 Å². The van der Waals surface area contributed by atoms with Gasteiger partial charge in [0, 0.05) is 25.4 Å². The number of hydrogen-bond donors (Lipinski definition) is 2. The third-order valence-electron chi connectivity index (χ3n) is 6.11. The van der Waals surface area contributed by atoms with Crippen molar-refractivity contribution in [1.29, 1.82) is 0 Å². The number of aromatic amines is 1. The van der Waals surface area contributed by atoms with Crippen LogP contribution >= 0.6 is 0 Å². The molecule has 1 saturated carbocycles. The number of aryl methyl sites for hydroxylation is 1. The first-order valence-electron chi connectivity index (χ1n) is 11.7. The normalized spacial score (nSPS) is 17.7. The molecule has 12 heteroatoms.